The Balaban J connectivity index is 1.39. The molecule has 2 aromatic rings. The fourth-order valence-electron chi connectivity index (χ4n) is 3.17. The van der Waals surface area contributed by atoms with Crippen LogP contribution in [-0.2, 0) is 11.2 Å². The van der Waals surface area contributed by atoms with Crippen molar-refractivity contribution in [1.82, 2.24) is 15.6 Å². The molecule has 0 bridgehead atoms. The van der Waals surface area contributed by atoms with Crippen molar-refractivity contribution in [3.05, 3.63) is 41.9 Å². The first-order valence-electron chi connectivity index (χ1n) is 9.20. The number of hydrogen-bond donors (Lipinski definition) is 2. The van der Waals surface area contributed by atoms with Gasteiger partial charge < -0.3 is 15.1 Å². The highest BCUT2D eigenvalue weighted by Crippen LogP contribution is 2.21. The number of aromatic nitrogens is 1. The van der Waals surface area contributed by atoms with E-state index in [2.05, 4.69) is 22.5 Å². The number of carbonyl (C=O) groups is 1. The van der Waals surface area contributed by atoms with Crippen molar-refractivity contribution in [3.63, 3.8) is 0 Å². The standard InChI is InChI=1S/C20H27N3O2/c1-15-4-6-17(7-5-15)18-14-23-20(25-18)9-8-19(24)22-12-10-16-3-2-11-21-13-16/h4-7,14,16,21H,2-3,8-13H2,1H3,(H,22,24). The molecule has 2 N–H and O–H groups in total. The van der Waals surface area contributed by atoms with Crippen LogP contribution in [-0.4, -0.2) is 30.5 Å². The Kier molecular flexibility index (Phi) is 6.23. The number of rotatable bonds is 7. The molecule has 3 rings (SSSR count). The Morgan fingerprint density at radius 2 is 2.20 bits per heavy atom. The molecule has 0 saturated carbocycles. The maximum atomic E-state index is 12.0. The lowest BCUT2D eigenvalue weighted by atomic mass is 9.96. The number of aryl methyl sites for hydroxylation is 2. The van der Waals surface area contributed by atoms with Gasteiger partial charge in [0, 0.05) is 24.9 Å². The lowest BCUT2D eigenvalue weighted by molar-refractivity contribution is -0.121. The summed E-state index contributed by atoms with van der Waals surface area (Å²) in [7, 11) is 0. The minimum absolute atomic E-state index is 0.0684. The summed E-state index contributed by atoms with van der Waals surface area (Å²) in [4.78, 5) is 16.3. The van der Waals surface area contributed by atoms with Crippen LogP contribution in [0.15, 0.2) is 34.9 Å². The van der Waals surface area contributed by atoms with Gasteiger partial charge in [-0.15, -0.1) is 0 Å². The van der Waals surface area contributed by atoms with E-state index >= 15 is 0 Å². The van der Waals surface area contributed by atoms with E-state index in [4.69, 9.17) is 4.42 Å². The highest BCUT2D eigenvalue weighted by Gasteiger charge is 2.13. The number of amides is 1. The number of benzene rings is 1. The zero-order chi connectivity index (χ0) is 17.5. The number of piperidine rings is 1. The molecule has 1 aromatic carbocycles. The van der Waals surface area contributed by atoms with Gasteiger partial charge in [-0.1, -0.05) is 29.8 Å². The number of nitrogens with one attached hydrogen (secondary N) is 2. The SMILES string of the molecule is Cc1ccc(-c2cnc(CCC(=O)NCCC3CCCNC3)o2)cc1. The van der Waals surface area contributed by atoms with Crippen molar-refractivity contribution in [2.45, 2.75) is 39.0 Å². The van der Waals surface area contributed by atoms with E-state index in [1.165, 1.54) is 18.4 Å². The average molecular weight is 341 g/mol. The maximum absolute atomic E-state index is 12.0. The molecule has 134 valence electrons. The first-order chi connectivity index (χ1) is 12.2. The normalized spacial score (nSPS) is 17.4. The monoisotopic (exact) mass is 341 g/mol. The Labute approximate surface area is 149 Å². The van der Waals surface area contributed by atoms with Crippen LogP contribution >= 0.6 is 0 Å². The third kappa shape index (κ3) is 5.43. The quantitative estimate of drug-likeness (QED) is 0.812. The summed E-state index contributed by atoms with van der Waals surface area (Å²) in [6, 6.07) is 8.14. The molecule has 1 aliphatic heterocycles. The zero-order valence-electron chi connectivity index (χ0n) is 14.9. The molecule has 1 saturated heterocycles. The van der Waals surface area contributed by atoms with Gasteiger partial charge in [-0.3, -0.25) is 4.79 Å². The molecule has 1 aromatic heterocycles. The predicted octanol–water partition coefficient (Wildman–Crippen LogP) is 3.09. The lowest BCUT2D eigenvalue weighted by Gasteiger charge is -2.22. The Morgan fingerprint density at radius 3 is 2.96 bits per heavy atom. The molecule has 5 heteroatoms. The minimum Gasteiger partial charge on any atom is -0.441 e. The third-order valence-corrected chi connectivity index (χ3v) is 4.73. The molecule has 0 aliphatic carbocycles. The largest absolute Gasteiger partial charge is 0.441 e. The van der Waals surface area contributed by atoms with Gasteiger partial charge >= 0.3 is 0 Å². The average Bonchev–Trinajstić information content (AvgIpc) is 3.10. The zero-order valence-corrected chi connectivity index (χ0v) is 14.9. The second-order valence-electron chi connectivity index (χ2n) is 6.84. The van der Waals surface area contributed by atoms with Crippen LogP contribution in [0.4, 0.5) is 0 Å². The summed E-state index contributed by atoms with van der Waals surface area (Å²) in [6.07, 6.45) is 6.23. The van der Waals surface area contributed by atoms with Gasteiger partial charge in [-0.25, -0.2) is 4.98 Å². The molecule has 1 aliphatic rings. The van der Waals surface area contributed by atoms with Gasteiger partial charge in [0.15, 0.2) is 11.7 Å². The smallest absolute Gasteiger partial charge is 0.220 e. The molecule has 25 heavy (non-hydrogen) atoms. The molecule has 5 nitrogen and oxygen atoms in total. The Bertz CT molecular complexity index is 673. The number of hydrogen-bond acceptors (Lipinski definition) is 4. The molecule has 1 atom stereocenters. The minimum atomic E-state index is 0.0684. The lowest BCUT2D eigenvalue weighted by Crippen LogP contribution is -2.33. The predicted molar refractivity (Wildman–Crippen MR) is 98.2 cm³/mol. The van der Waals surface area contributed by atoms with E-state index in [0.29, 0.717) is 24.7 Å². The van der Waals surface area contributed by atoms with E-state index in [1.54, 1.807) is 6.20 Å². The summed E-state index contributed by atoms with van der Waals surface area (Å²) < 4.78 is 5.76. The maximum Gasteiger partial charge on any atom is 0.220 e. The van der Waals surface area contributed by atoms with Crippen LogP contribution in [0.25, 0.3) is 11.3 Å². The van der Waals surface area contributed by atoms with E-state index < -0.39 is 0 Å². The summed E-state index contributed by atoms with van der Waals surface area (Å²) in [5, 5.41) is 6.41. The fourth-order valence-corrected chi connectivity index (χ4v) is 3.17. The molecule has 0 spiro atoms. The summed E-state index contributed by atoms with van der Waals surface area (Å²) >= 11 is 0. The molecule has 1 amide bonds. The van der Waals surface area contributed by atoms with Crippen LogP contribution in [0.2, 0.25) is 0 Å². The molecule has 2 heterocycles. The summed E-state index contributed by atoms with van der Waals surface area (Å²) in [5.41, 5.74) is 2.22. The first kappa shape index (κ1) is 17.7. The number of oxazole rings is 1. The van der Waals surface area contributed by atoms with Gasteiger partial charge in [0.25, 0.3) is 0 Å². The molecular formula is C20H27N3O2. The first-order valence-corrected chi connectivity index (χ1v) is 9.20. The van der Waals surface area contributed by atoms with Crippen molar-refractivity contribution >= 4 is 5.91 Å². The molecular weight excluding hydrogens is 314 g/mol. The highest BCUT2D eigenvalue weighted by molar-refractivity contribution is 5.76. The van der Waals surface area contributed by atoms with Crippen LogP contribution in [0.1, 0.15) is 37.1 Å². The van der Waals surface area contributed by atoms with Crippen molar-refractivity contribution in [1.29, 1.82) is 0 Å². The number of nitrogens with zero attached hydrogens (tertiary/aromatic N) is 1. The second-order valence-corrected chi connectivity index (χ2v) is 6.84. The third-order valence-electron chi connectivity index (χ3n) is 4.73. The Morgan fingerprint density at radius 1 is 1.36 bits per heavy atom. The second kappa shape index (κ2) is 8.81. The fraction of sp³-hybridized carbons (Fsp3) is 0.500. The van der Waals surface area contributed by atoms with Gasteiger partial charge in [0.2, 0.25) is 5.91 Å². The van der Waals surface area contributed by atoms with Gasteiger partial charge in [-0.05, 0) is 45.2 Å². The van der Waals surface area contributed by atoms with E-state index in [1.807, 2.05) is 24.3 Å². The van der Waals surface area contributed by atoms with Gasteiger partial charge in [-0.2, -0.15) is 0 Å². The summed E-state index contributed by atoms with van der Waals surface area (Å²) in [5.74, 6) is 2.12. The van der Waals surface area contributed by atoms with Crippen molar-refractivity contribution in [3.8, 4) is 11.3 Å². The highest BCUT2D eigenvalue weighted by atomic mass is 16.4. The van der Waals surface area contributed by atoms with Crippen molar-refractivity contribution < 1.29 is 9.21 Å². The van der Waals surface area contributed by atoms with Crippen LogP contribution in [0, 0.1) is 12.8 Å². The van der Waals surface area contributed by atoms with Gasteiger partial charge in [0.1, 0.15) is 0 Å². The van der Waals surface area contributed by atoms with E-state index in [-0.39, 0.29) is 5.91 Å². The van der Waals surface area contributed by atoms with Crippen molar-refractivity contribution in [2.24, 2.45) is 5.92 Å². The van der Waals surface area contributed by atoms with Crippen LogP contribution in [0.5, 0.6) is 0 Å². The summed E-state index contributed by atoms with van der Waals surface area (Å²) in [6.45, 7) is 5.02. The topological polar surface area (TPSA) is 67.2 Å². The van der Waals surface area contributed by atoms with Crippen LogP contribution < -0.4 is 10.6 Å². The van der Waals surface area contributed by atoms with E-state index in [9.17, 15) is 4.79 Å². The molecule has 1 unspecified atom stereocenters. The number of carbonyl (C=O) groups excluding carboxylic acids is 1. The molecule has 0 radical (unpaired) electrons. The van der Waals surface area contributed by atoms with Gasteiger partial charge in [0.05, 0.1) is 6.20 Å². The van der Waals surface area contributed by atoms with E-state index in [0.717, 1.165) is 37.4 Å². The van der Waals surface area contributed by atoms with Crippen LogP contribution in [0.3, 0.4) is 0 Å². The van der Waals surface area contributed by atoms with Crippen molar-refractivity contribution in [2.75, 3.05) is 19.6 Å². The molecule has 1 fully saturated rings. The Hall–Kier alpha value is -2.14.